The highest BCUT2D eigenvalue weighted by Crippen LogP contribution is 2.10. The summed E-state index contributed by atoms with van der Waals surface area (Å²) in [4.78, 5) is 22.7. The van der Waals surface area contributed by atoms with Gasteiger partial charge in [0.15, 0.2) is 5.69 Å². The van der Waals surface area contributed by atoms with Gasteiger partial charge in [0.2, 0.25) is 5.91 Å². The number of carbonyl (C=O) groups is 2. The molecule has 1 aromatic heterocycles. The molecule has 0 aliphatic rings. The highest BCUT2D eigenvalue weighted by atomic mass is 16.5. The molecular weight excluding hydrogens is 224 g/mol. The molecule has 7 heteroatoms. The molecule has 0 unspecified atom stereocenters. The minimum absolute atomic E-state index is 0.0252. The number of esters is 1. The van der Waals surface area contributed by atoms with Crippen LogP contribution in [0.2, 0.25) is 0 Å². The van der Waals surface area contributed by atoms with E-state index in [9.17, 15) is 9.59 Å². The summed E-state index contributed by atoms with van der Waals surface area (Å²) in [6, 6.07) is 0. The van der Waals surface area contributed by atoms with Crippen LogP contribution in [-0.2, 0) is 16.1 Å². The van der Waals surface area contributed by atoms with Crippen molar-refractivity contribution >= 4 is 17.6 Å². The van der Waals surface area contributed by atoms with Crippen LogP contribution in [0.3, 0.4) is 0 Å². The number of nitrogens with one attached hydrogen (secondary N) is 1. The SMILES string of the molecule is CCNC(=O)Cn1cc(N)c(C(=O)OCC)n1. The number of hydrogen-bond donors (Lipinski definition) is 2. The maximum Gasteiger partial charge on any atom is 0.361 e. The van der Waals surface area contributed by atoms with Crippen LogP contribution < -0.4 is 11.1 Å². The molecule has 0 spiro atoms. The van der Waals surface area contributed by atoms with E-state index in [1.54, 1.807) is 6.92 Å². The molecule has 0 radical (unpaired) electrons. The number of likely N-dealkylation sites (N-methyl/N-ethyl adjacent to an activating group) is 1. The van der Waals surface area contributed by atoms with Gasteiger partial charge in [-0.3, -0.25) is 9.48 Å². The predicted molar refractivity (Wildman–Crippen MR) is 61.3 cm³/mol. The highest BCUT2D eigenvalue weighted by molar-refractivity contribution is 5.92. The van der Waals surface area contributed by atoms with E-state index < -0.39 is 5.97 Å². The number of nitrogen functional groups attached to an aromatic ring is 1. The van der Waals surface area contributed by atoms with Crippen molar-refractivity contribution in [2.24, 2.45) is 0 Å². The first kappa shape index (κ1) is 13.0. The zero-order valence-corrected chi connectivity index (χ0v) is 9.90. The molecule has 17 heavy (non-hydrogen) atoms. The third kappa shape index (κ3) is 3.47. The highest BCUT2D eigenvalue weighted by Gasteiger charge is 2.16. The van der Waals surface area contributed by atoms with Gasteiger partial charge in [-0.05, 0) is 13.8 Å². The first-order valence-electron chi connectivity index (χ1n) is 5.35. The molecule has 0 fully saturated rings. The van der Waals surface area contributed by atoms with Gasteiger partial charge in [-0.2, -0.15) is 5.10 Å². The van der Waals surface area contributed by atoms with Gasteiger partial charge in [-0.15, -0.1) is 0 Å². The molecule has 1 aromatic rings. The molecule has 0 atom stereocenters. The fourth-order valence-electron chi connectivity index (χ4n) is 1.28. The summed E-state index contributed by atoms with van der Waals surface area (Å²) in [7, 11) is 0. The second kappa shape index (κ2) is 5.88. The van der Waals surface area contributed by atoms with Crippen molar-refractivity contribution in [1.29, 1.82) is 0 Å². The number of hydrogen-bond acceptors (Lipinski definition) is 5. The van der Waals surface area contributed by atoms with Gasteiger partial charge in [0.25, 0.3) is 0 Å². The summed E-state index contributed by atoms with van der Waals surface area (Å²) in [5, 5.41) is 6.53. The Labute approximate surface area is 98.9 Å². The summed E-state index contributed by atoms with van der Waals surface area (Å²) in [5.41, 5.74) is 5.85. The normalized spacial score (nSPS) is 10.0. The lowest BCUT2D eigenvalue weighted by Gasteiger charge is -2.01. The lowest BCUT2D eigenvalue weighted by Crippen LogP contribution is -2.27. The first-order chi connectivity index (χ1) is 8.08. The van der Waals surface area contributed by atoms with Crippen molar-refractivity contribution < 1.29 is 14.3 Å². The van der Waals surface area contributed by atoms with Crippen molar-refractivity contribution in [2.75, 3.05) is 18.9 Å². The Morgan fingerprint density at radius 3 is 2.82 bits per heavy atom. The Kier molecular flexibility index (Phi) is 4.50. The lowest BCUT2D eigenvalue weighted by atomic mass is 10.4. The average molecular weight is 240 g/mol. The zero-order valence-electron chi connectivity index (χ0n) is 9.90. The molecule has 0 saturated carbocycles. The van der Waals surface area contributed by atoms with E-state index in [-0.39, 0.29) is 30.4 Å². The van der Waals surface area contributed by atoms with E-state index in [1.807, 2.05) is 6.92 Å². The van der Waals surface area contributed by atoms with Crippen molar-refractivity contribution in [2.45, 2.75) is 20.4 Å². The van der Waals surface area contributed by atoms with E-state index in [1.165, 1.54) is 10.9 Å². The van der Waals surface area contributed by atoms with Crippen LogP contribution in [-0.4, -0.2) is 34.8 Å². The molecule has 0 aliphatic heterocycles. The number of carbonyl (C=O) groups excluding carboxylic acids is 2. The fraction of sp³-hybridized carbons (Fsp3) is 0.500. The summed E-state index contributed by atoms with van der Waals surface area (Å²) in [5.74, 6) is -0.773. The van der Waals surface area contributed by atoms with E-state index >= 15 is 0 Å². The second-order valence-corrected chi connectivity index (χ2v) is 3.30. The first-order valence-corrected chi connectivity index (χ1v) is 5.35. The Balaban J connectivity index is 2.74. The van der Waals surface area contributed by atoms with Crippen molar-refractivity contribution in [3.63, 3.8) is 0 Å². The van der Waals surface area contributed by atoms with Crippen molar-refractivity contribution in [3.05, 3.63) is 11.9 Å². The van der Waals surface area contributed by atoms with Crippen LogP contribution >= 0.6 is 0 Å². The van der Waals surface area contributed by atoms with Crippen molar-refractivity contribution in [3.8, 4) is 0 Å². The number of amides is 1. The van der Waals surface area contributed by atoms with Crippen LogP contribution in [0.1, 0.15) is 24.3 Å². The second-order valence-electron chi connectivity index (χ2n) is 3.30. The molecule has 7 nitrogen and oxygen atoms in total. The van der Waals surface area contributed by atoms with Gasteiger partial charge in [0.1, 0.15) is 6.54 Å². The average Bonchev–Trinajstić information content (AvgIpc) is 2.60. The van der Waals surface area contributed by atoms with Gasteiger partial charge < -0.3 is 15.8 Å². The minimum Gasteiger partial charge on any atom is -0.461 e. The van der Waals surface area contributed by atoms with Gasteiger partial charge in [-0.1, -0.05) is 0 Å². The van der Waals surface area contributed by atoms with Gasteiger partial charge in [0, 0.05) is 12.7 Å². The Morgan fingerprint density at radius 2 is 2.24 bits per heavy atom. The number of anilines is 1. The number of rotatable bonds is 5. The van der Waals surface area contributed by atoms with Gasteiger partial charge in [0.05, 0.1) is 12.3 Å². The third-order valence-corrected chi connectivity index (χ3v) is 1.94. The molecule has 0 bridgehead atoms. The molecule has 3 N–H and O–H groups in total. The molecular formula is C10H16N4O3. The molecule has 0 saturated heterocycles. The Hall–Kier alpha value is -2.05. The smallest absolute Gasteiger partial charge is 0.361 e. The quantitative estimate of drug-likeness (QED) is 0.693. The zero-order chi connectivity index (χ0) is 12.8. The molecule has 1 heterocycles. The summed E-state index contributed by atoms with van der Waals surface area (Å²) >= 11 is 0. The van der Waals surface area contributed by atoms with Crippen LogP contribution in [0.15, 0.2) is 6.20 Å². The number of ether oxygens (including phenoxy) is 1. The van der Waals surface area contributed by atoms with Crippen LogP contribution in [0.4, 0.5) is 5.69 Å². The van der Waals surface area contributed by atoms with E-state index in [2.05, 4.69) is 10.4 Å². The molecule has 94 valence electrons. The maximum atomic E-state index is 11.4. The Bertz CT molecular complexity index is 414. The van der Waals surface area contributed by atoms with Crippen LogP contribution in [0, 0.1) is 0 Å². The number of nitrogens with zero attached hydrogens (tertiary/aromatic N) is 2. The molecule has 1 amide bonds. The fourth-order valence-corrected chi connectivity index (χ4v) is 1.28. The molecule has 0 aromatic carbocycles. The lowest BCUT2D eigenvalue weighted by molar-refractivity contribution is -0.121. The van der Waals surface area contributed by atoms with Gasteiger partial charge >= 0.3 is 5.97 Å². The molecule has 0 aliphatic carbocycles. The van der Waals surface area contributed by atoms with E-state index in [0.29, 0.717) is 6.54 Å². The monoisotopic (exact) mass is 240 g/mol. The van der Waals surface area contributed by atoms with E-state index in [0.717, 1.165) is 0 Å². The van der Waals surface area contributed by atoms with Crippen LogP contribution in [0.5, 0.6) is 0 Å². The van der Waals surface area contributed by atoms with Crippen LogP contribution in [0.25, 0.3) is 0 Å². The van der Waals surface area contributed by atoms with Crippen molar-refractivity contribution in [1.82, 2.24) is 15.1 Å². The topological polar surface area (TPSA) is 99.2 Å². The Morgan fingerprint density at radius 1 is 1.53 bits per heavy atom. The summed E-state index contributed by atoms with van der Waals surface area (Å²) < 4.78 is 6.09. The number of nitrogens with two attached hydrogens (primary N) is 1. The molecule has 1 rings (SSSR count). The van der Waals surface area contributed by atoms with E-state index in [4.69, 9.17) is 10.5 Å². The summed E-state index contributed by atoms with van der Waals surface area (Å²) in [6.45, 7) is 4.33. The largest absolute Gasteiger partial charge is 0.461 e. The standard InChI is InChI=1S/C10H16N4O3/c1-3-12-8(15)6-14-5-7(11)9(13-14)10(16)17-4-2/h5H,3-4,6,11H2,1-2H3,(H,12,15). The minimum atomic E-state index is -0.584. The predicted octanol–water partition coefficient (Wildman–Crippen LogP) is -0.222. The van der Waals surface area contributed by atoms with Gasteiger partial charge in [-0.25, -0.2) is 4.79 Å². The maximum absolute atomic E-state index is 11.4. The third-order valence-electron chi connectivity index (χ3n) is 1.94. The summed E-state index contributed by atoms with van der Waals surface area (Å²) in [6.07, 6.45) is 1.43. The number of aromatic nitrogens is 2.